The van der Waals surface area contributed by atoms with Crippen molar-refractivity contribution in [1.29, 1.82) is 0 Å². The molecule has 0 heterocycles. The van der Waals surface area contributed by atoms with Crippen LogP contribution in [0.2, 0.25) is 0 Å². The van der Waals surface area contributed by atoms with E-state index >= 15 is 0 Å². The smallest absolute Gasteiger partial charge is 0.128 e. The van der Waals surface area contributed by atoms with Gasteiger partial charge in [0.05, 0.1) is 0 Å². The molecule has 0 radical (unpaired) electrons. The Bertz CT molecular complexity index is 369. The zero-order valence-corrected chi connectivity index (χ0v) is 13.0. The lowest BCUT2D eigenvalue weighted by molar-refractivity contribution is 0.256. The molecule has 0 bridgehead atoms. The van der Waals surface area contributed by atoms with E-state index in [0.717, 1.165) is 36.1 Å². The highest BCUT2D eigenvalue weighted by Gasteiger charge is 2.08. The second-order valence-electron chi connectivity index (χ2n) is 4.76. The van der Waals surface area contributed by atoms with Crippen LogP contribution in [0.1, 0.15) is 18.9 Å². The zero-order chi connectivity index (χ0) is 13.5. The molecule has 0 amide bonds. The lowest BCUT2D eigenvalue weighted by Crippen LogP contribution is -2.27. The van der Waals surface area contributed by atoms with Crippen LogP contribution in [0.3, 0.4) is 0 Å². The number of hydrogen-bond acceptors (Lipinski definition) is 2. The van der Waals surface area contributed by atoms with Gasteiger partial charge in [-0.2, -0.15) is 0 Å². The molecule has 102 valence electrons. The minimum Gasteiger partial charge on any atom is -0.309 e. The minimum absolute atomic E-state index is 0.129. The molecule has 0 saturated heterocycles. The summed E-state index contributed by atoms with van der Waals surface area (Å²) in [5.41, 5.74) is 0.768. The van der Waals surface area contributed by atoms with Crippen molar-refractivity contribution in [2.24, 2.45) is 0 Å². The Morgan fingerprint density at radius 3 is 2.50 bits per heavy atom. The molecular formula is C14H22BrFN2. The van der Waals surface area contributed by atoms with Gasteiger partial charge in [-0.05, 0) is 52.3 Å². The predicted molar refractivity (Wildman–Crippen MR) is 78.2 cm³/mol. The van der Waals surface area contributed by atoms with Gasteiger partial charge in [-0.25, -0.2) is 4.39 Å². The largest absolute Gasteiger partial charge is 0.309 e. The van der Waals surface area contributed by atoms with E-state index in [1.807, 2.05) is 12.1 Å². The summed E-state index contributed by atoms with van der Waals surface area (Å²) in [6, 6.07) is 5.28. The molecule has 0 aliphatic heterocycles. The van der Waals surface area contributed by atoms with Gasteiger partial charge in [0.1, 0.15) is 5.82 Å². The molecular weight excluding hydrogens is 295 g/mol. The third-order valence-corrected chi connectivity index (χ3v) is 3.43. The van der Waals surface area contributed by atoms with E-state index in [9.17, 15) is 4.39 Å². The maximum Gasteiger partial charge on any atom is 0.128 e. The molecule has 1 aromatic rings. The highest BCUT2D eigenvalue weighted by molar-refractivity contribution is 9.10. The molecule has 0 aromatic heterocycles. The van der Waals surface area contributed by atoms with Crippen molar-refractivity contribution in [3.63, 3.8) is 0 Å². The van der Waals surface area contributed by atoms with E-state index in [-0.39, 0.29) is 5.82 Å². The van der Waals surface area contributed by atoms with E-state index < -0.39 is 0 Å². The Morgan fingerprint density at radius 1 is 1.22 bits per heavy atom. The molecule has 0 aliphatic carbocycles. The van der Waals surface area contributed by atoms with Gasteiger partial charge in [0, 0.05) is 16.6 Å². The first-order chi connectivity index (χ1) is 8.52. The van der Waals surface area contributed by atoms with Crippen molar-refractivity contribution < 1.29 is 4.39 Å². The fraction of sp³-hybridized carbons (Fsp3) is 0.571. The summed E-state index contributed by atoms with van der Waals surface area (Å²) in [6.07, 6.45) is 1.11. The maximum atomic E-state index is 13.7. The molecule has 0 N–H and O–H groups in total. The summed E-state index contributed by atoms with van der Waals surface area (Å²) in [5.74, 6) is -0.129. The quantitative estimate of drug-likeness (QED) is 0.761. The van der Waals surface area contributed by atoms with Crippen molar-refractivity contribution >= 4 is 15.9 Å². The zero-order valence-electron chi connectivity index (χ0n) is 11.4. The molecule has 0 saturated carbocycles. The summed E-state index contributed by atoms with van der Waals surface area (Å²) in [6.45, 7) is 5.82. The van der Waals surface area contributed by atoms with E-state index in [1.165, 1.54) is 6.07 Å². The van der Waals surface area contributed by atoms with Gasteiger partial charge in [-0.15, -0.1) is 0 Å². The number of hydrogen-bond donors (Lipinski definition) is 0. The molecule has 1 rings (SSSR count). The first-order valence-corrected chi connectivity index (χ1v) is 7.13. The van der Waals surface area contributed by atoms with Crippen LogP contribution in [0.25, 0.3) is 0 Å². The monoisotopic (exact) mass is 316 g/mol. The first kappa shape index (κ1) is 15.6. The Hall–Kier alpha value is -0.450. The van der Waals surface area contributed by atoms with Crippen molar-refractivity contribution in [3.05, 3.63) is 34.1 Å². The Kier molecular flexibility index (Phi) is 6.82. The number of benzene rings is 1. The summed E-state index contributed by atoms with van der Waals surface area (Å²) < 4.78 is 14.5. The van der Waals surface area contributed by atoms with Crippen molar-refractivity contribution in [1.82, 2.24) is 9.80 Å². The highest BCUT2D eigenvalue weighted by Crippen LogP contribution is 2.16. The van der Waals surface area contributed by atoms with E-state index in [2.05, 4.69) is 46.7 Å². The average molecular weight is 317 g/mol. The van der Waals surface area contributed by atoms with Crippen LogP contribution in [-0.4, -0.2) is 43.5 Å². The van der Waals surface area contributed by atoms with Gasteiger partial charge < -0.3 is 4.90 Å². The Morgan fingerprint density at radius 2 is 1.94 bits per heavy atom. The van der Waals surface area contributed by atoms with Gasteiger partial charge in [-0.1, -0.05) is 28.9 Å². The van der Waals surface area contributed by atoms with Gasteiger partial charge >= 0.3 is 0 Å². The first-order valence-electron chi connectivity index (χ1n) is 6.34. The third-order valence-electron chi connectivity index (χ3n) is 2.94. The summed E-state index contributed by atoms with van der Waals surface area (Å²) in [5, 5.41) is 0. The maximum absolute atomic E-state index is 13.7. The SMILES string of the molecule is CCN(CCCN(C)C)Cc1ccc(Br)cc1F. The number of nitrogens with zero attached hydrogens (tertiary/aromatic N) is 2. The molecule has 0 unspecified atom stereocenters. The lowest BCUT2D eigenvalue weighted by atomic mass is 10.2. The minimum atomic E-state index is -0.129. The molecule has 0 atom stereocenters. The van der Waals surface area contributed by atoms with Crippen LogP contribution < -0.4 is 0 Å². The fourth-order valence-corrected chi connectivity index (χ4v) is 2.18. The Balaban J connectivity index is 2.51. The van der Waals surface area contributed by atoms with Crippen molar-refractivity contribution in [2.75, 3.05) is 33.7 Å². The van der Waals surface area contributed by atoms with Gasteiger partial charge in [0.15, 0.2) is 0 Å². The van der Waals surface area contributed by atoms with Crippen LogP contribution in [0.5, 0.6) is 0 Å². The molecule has 0 fully saturated rings. The predicted octanol–water partition coefficient (Wildman–Crippen LogP) is 3.36. The summed E-state index contributed by atoms with van der Waals surface area (Å²) in [4.78, 5) is 4.45. The van der Waals surface area contributed by atoms with E-state index in [0.29, 0.717) is 6.54 Å². The normalized spacial score (nSPS) is 11.5. The van der Waals surface area contributed by atoms with Crippen LogP contribution in [0, 0.1) is 5.82 Å². The highest BCUT2D eigenvalue weighted by atomic mass is 79.9. The molecule has 1 aromatic carbocycles. The van der Waals surface area contributed by atoms with Crippen LogP contribution >= 0.6 is 15.9 Å². The van der Waals surface area contributed by atoms with Gasteiger partial charge in [-0.3, -0.25) is 4.90 Å². The van der Waals surface area contributed by atoms with Crippen LogP contribution in [-0.2, 0) is 6.54 Å². The van der Waals surface area contributed by atoms with E-state index in [4.69, 9.17) is 0 Å². The Labute approximate surface area is 118 Å². The topological polar surface area (TPSA) is 6.48 Å². The van der Waals surface area contributed by atoms with Gasteiger partial charge in [0.25, 0.3) is 0 Å². The fourth-order valence-electron chi connectivity index (χ4n) is 1.85. The molecule has 4 heteroatoms. The number of halogens is 2. The van der Waals surface area contributed by atoms with Crippen LogP contribution in [0.4, 0.5) is 4.39 Å². The molecule has 18 heavy (non-hydrogen) atoms. The van der Waals surface area contributed by atoms with Crippen molar-refractivity contribution in [3.8, 4) is 0 Å². The molecule has 0 spiro atoms. The summed E-state index contributed by atoms with van der Waals surface area (Å²) in [7, 11) is 4.15. The molecule has 0 aliphatic rings. The standard InChI is InChI=1S/C14H22BrFN2/c1-4-18(9-5-8-17(2)3)11-12-6-7-13(15)10-14(12)16/h6-7,10H,4-5,8-9,11H2,1-3H3. The van der Waals surface area contributed by atoms with E-state index in [1.54, 1.807) is 0 Å². The summed E-state index contributed by atoms with van der Waals surface area (Å²) >= 11 is 3.28. The lowest BCUT2D eigenvalue weighted by Gasteiger charge is -2.21. The van der Waals surface area contributed by atoms with Crippen LogP contribution in [0.15, 0.2) is 22.7 Å². The molecule has 2 nitrogen and oxygen atoms in total. The second kappa shape index (κ2) is 7.87. The van der Waals surface area contributed by atoms with Gasteiger partial charge in [0.2, 0.25) is 0 Å². The van der Waals surface area contributed by atoms with Crippen molar-refractivity contribution in [2.45, 2.75) is 19.9 Å². The number of rotatable bonds is 7. The average Bonchev–Trinajstić information content (AvgIpc) is 2.30. The third kappa shape index (κ3) is 5.46. The second-order valence-corrected chi connectivity index (χ2v) is 5.68.